The molecular weight excluding hydrogens is 369 g/mol. The zero-order valence-electron chi connectivity index (χ0n) is 16.3. The van der Waals surface area contributed by atoms with E-state index in [1.54, 1.807) is 36.1 Å². The number of halogens is 1. The number of hydrogen-bond donors (Lipinski definition) is 0. The van der Waals surface area contributed by atoms with Gasteiger partial charge in [0.25, 0.3) is 5.56 Å². The molecule has 0 amide bonds. The summed E-state index contributed by atoms with van der Waals surface area (Å²) >= 11 is 0. The summed E-state index contributed by atoms with van der Waals surface area (Å²) in [6.07, 6.45) is 3.70. The summed E-state index contributed by atoms with van der Waals surface area (Å²) in [6.45, 7) is 0.635. The predicted octanol–water partition coefficient (Wildman–Crippen LogP) is 4.75. The summed E-state index contributed by atoms with van der Waals surface area (Å²) in [5.74, 6) is 1.01. The fraction of sp³-hybridized carbons (Fsp3) is 0.292. The molecule has 5 heteroatoms. The van der Waals surface area contributed by atoms with E-state index in [0.717, 1.165) is 16.9 Å². The van der Waals surface area contributed by atoms with Crippen LogP contribution in [0.15, 0.2) is 77.7 Å². The van der Waals surface area contributed by atoms with Crippen LogP contribution in [0.25, 0.3) is 0 Å². The van der Waals surface area contributed by atoms with Gasteiger partial charge in [0.1, 0.15) is 17.7 Å². The largest absolute Gasteiger partial charge is 0.497 e. The minimum Gasteiger partial charge on any atom is -0.497 e. The molecule has 29 heavy (non-hydrogen) atoms. The molecule has 0 unspecified atom stereocenters. The lowest BCUT2D eigenvalue weighted by molar-refractivity contribution is 0.0182. The van der Waals surface area contributed by atoms with E-state index in [0.29, 0.717) is 12.5 Å². The molecule has 4 nitrogen and oxygen atoms in total. The maximum Gasteiger partial charge on any atom is 0.251 e. The second kappa shape index (κ2) is 8.62. The van der Waals surface area contributed by atoms with E-state index in [2.05, 4.69) is 0 Å². The van der Waals surface area contributed by atoms with Gasteiger partial charge in [-0.15, -0.1) is 0 Å². The monoisotopic (exact) mass is 393 g/mol. The maximum atomic E-state index is 13.6. The summed E-state index contributed by atoms with van der Waals surface area (Å²) in [6, 6.07) is 18.6. The van der Waals surface area contributed by atoms with E-state index in [1.165, 1.54) is 31.0 Å². The Kier molecular flexibility index (Phi) is 5.76. The van der Waals surface area contributed by atoms with E-state index in [1.807, 2.05) is 30.3 Å². The number of aromatic nitrogens is 1. The molecule has 150 valence electrons. The Morgan fingerprint density at radius 1 is 1.00 bits per heavy atom. The Morgan fingerprint density at radius 3 is 2.31 bits per heavy atom. The third-order valence-corrected chi connectivity index (χ3v) is 5.30. The van der Waals surface area contributed by atoms with Crippen molar-refractivity contribution in [2.24, 2.45) is 5.92 Å². The quantitative estimate of drug-likeness (QED) is 0.554. The molecule has 1 saturated carbocycles. The first-order chi connectivity index (χ1) is 14.2. The molecule has 0 N–H and O–H groups in total. The van der Waals surface area contributed by atoms with Gasteiger partial charge in [-0.25, -0.2) is 4.39 Å². The number of methoxy groups -OCH3 is 1. The third-order valence-electron chi connectivity index (χ3n) is 5.30. The molecule has 1 heterocycles. The number of rotatable bonds is 8. The summed E-state index contributed by atoms with van der Waals surface area (Å²) in [4.78, 5) is 12.7. The number of benzene rings is 2. The molecule has 3 aromatic rings. The summed E-state index contributed by atoms with van der Waals surface area (Å²) < 4.78 is 26.9. The van der Waals surface area contributed by atoms with E-state index >= 15 is 0 Å². The van der Waals surface area contributed by atoms with Crippen LogP contribution in [-0.2, 0) is 4.74 Å². The number of hydrogen-bond acceptors (Lipinski definition) is 3. The first kappa shape index (κ1) is 19.4. The highest BCUT2D eigenvalue weighted by atomic mass is 19.1. The van der Waals surface area contributed by atoms with Crippen molar-refractivity contribution >= 4 is 0 Å². The van der Waals surface area contributed by atoms with Crippen LogP contribution in [0.3, 0.4) is 0 Å². The second-order valence-electron chi connectivity index (χ2n) is 7.41. The van der Waals surface area contributed by atoms with Gasteiger partial charge in [0, 0.05) is 12.3 Å². The Bertz CT molecular complexity index is 994. The van der Waals surface area contributed by atoms with Gasteiger partial charge in [-0.2, -0.15) is 0 Å². The van der Waals surface area contributed by atoms with Gasteiger partial charge in [-0.3, -0.25) is 4.79 Å². The fourth-order valence-corrected chi connectivity index (χ4v) is 3.50. The topological polar surface area (TPSA) is 40.5 Å². The van der Waals surface area contributed by atoms with E-state index < -0.39 is 12.1 Å². The number of ether oxygens (including phenoxy) is 2. The van der Waals surface area contributed by atoms with Crippen LogP contribution in [0, 0.1) is 11.7 Å². The summed E-state index contributed by atoms with van der Waals surface area (Å²) in [7, 11) is 1.63. The van der Waals surface area contributed by atoms with E-state index in [4.69, 9.17) is 9.47 Å². The smallest absolute Gasteiger partial charge is 0.251 e. The van der Waals surface area contributed by atoms with Crippen LogP contribution in [0.2, 0.25) is 0 Å². The lowest BCUT2D eigenvalue weighted by Crippen LogP contribution is -2.30. The Labute approximate surface area is 169 Å². The number of nitrogens with zero attached hydrogens (tertiary/aromatic N) is 1. The van der Waals surface area contributed by atoms with Crippen LogP contribution in [-0.4, -0.2) is 18.3 Å². The molecule has 0 aliphatic heterocycles. The lowest BCUT2D eigenvalue weighted by Gasteiger charge is -2.30. The van der Waals surface area contributed by atoms with E-state index in [-0.39, 0.29) is 11.4 Å². The van der Waals surface area contributed by atoms with E-state index in [9.17, 15) is 9.18 Å². The molecule has 1 fully saturated rings. The Hall–Kier alpha value is -2.92. The molecule has 2 atom stereocenters. The molecule has 0 radical (unpaired) electrons. The van der Waals surface area contributed by atoms with Gasteiger partial charge in [0.15, 0.2) is 0 Å². The van der Waals surface area contributed by atoms with Gasteiger partial charge in [0.05, 0.1) is 19.8 Å². The average Bonchev–Trinajstić information content (AvgIpc) is 3.58. The lowest BCUT2D eigenvalue weighted by atomic mass is 9.94. The van der Waals surface area contributed by atoms with Crippen molar-refractivity contribution in [3.8, 4) is 5.75 Å². The molecule has 0 bridgehead atoms. The van der Waals surface area contributed by atoms with Crippen molar-refractivity contribution in [2.45, 2.75) is 25.0 Å². The van der Waals surface area contributed by atoms with Crippen molar-refractivity contribution in [2.75, 3.05) is 13.7 Å². The van der Waals surface area contributed by atoms with Crippen molar-refractivity contribution in [1.29, 1.82) is 0 Å². The highest BCUT2D eigenvalue weighted by Gasteiger charge is 2.31. The highest BCUT2D eigenvalue weighted by Crippen LogP contribution is 2.38. The van der Waals surface area contributed by atoms with Crippen molar-refractivity contribution in [1.82, 2.24) is 4.57 Å². The molecular formula is C24H24FNO3. The molecule has 2 aromatic carbocycles. The van der Waals surface area contributed by atoms with Crippen molar-refractivity contribution in [3.05, 3.63) is 100 Å². The minimum atomic E-state index is -0.420. The second-order valence-corrected chi connectivity index (χ2v) is 7.41. The zero-order chi connectivity index (χ0) is 20.2. The molecule has 0 saturated heterocycles. The molecule has 1 aromatic heterocycles. The summed E-state index contributed by atoms with van der Waals surface area (Å²) in [5, 5.41) is 0. The standard InChI is InChI=1S/C24H24FNO3/c1-28-21-13-9-19(10-14-21)24(29-16-17-5-6-17)23(18-7-11-20(25)12-8-18)26-15-3-2-4-22(26)27/h2-4,7-15,17,23-24H,5-6,16H2,1H3/t23-,24-/m1/s1. The van der Waals surface area contributed by atoms with Gasteiger partial charge >= 0.3 is 0 Å². The van der Waals surface area contributed by atoms with Gasteiger partial charge in [-0.1, -0.05) is 30.3 Å². The van der Waals surface area contributed by atoms with Crippen LogP contribution in [0.1, 0.15) is 36.1 Å². The molecule has 1 aliphatic carbocycles. The first-order valence-corrected chi connectivity index (χ1v) is 9.84. The normalized spacial score (nSPS) is 15.7. The Balaban J connectivity index is 1.80. The van der Waals surface area contributed by atoms with Gasteiger partial charge < -0.3 is 14.0 Å². The van der Waals surface area contributed by atoms with Crippen LogP contribution >= 0.6 is 0 Å². The first-order valence-electron chi connectivity index (χ1n) is 9.84. The summed E-state index contributed by atoms with van der Waals surface area (Å²) in [5.41, 5.74) is 1.63. The minimum absolute atomic E-state index is 0.129. The van der Waals surface area contributed by atoms with Crippen molar-refractivity contribution < 1.29 is 13.9 Å². The molecule has 0 spiro atoms. The average molecular weight is 393 g/mol. The van der Waals surface area contributed by atoms with Crippen LogP contribution < -0.4 is 10.3 Å². The van der Waals surface area contributed by atoms with Crippen LogP contribution in [0.5, 0.6) is 5.75 Å². The molecule has 1 aliphatic rings. The zero-order valence-corrected chi connectivity index (χ0v) is 16.3. The van der Waals surface area contributed by atoms with Gasteiger partial charge in [-0.05, 0) is 60.2 Å². The fourth-order valence-electron chi connectivity index (χ4n) is 3.50. The van der Waals surface area contributed by atoms with Crippen molar-refractivity contribution in [3.63, 3.8) is 0 Å². The maximum absolute atomic E-state index is 13.6. The predicted molar refractivity (Wildman–Crippen MR) is 110 cm³/mol. The Morgan fingerprint density at radius 2 is 1.69 bits per heavy atom. The van der Waals surface area contributed by atoms with Gasteiger partial charge in [0.2, 0.25) is 0 Å². The number of pyridine rings is 1. The highest BCUT2D eigenvalue weighted by molar-refractivity contribution is 5.32. The molecule has 4 rings (SSSR count). The SMILES string of the molecule is COc1ccc([C@@H](OCC2CC2)[C@@H](c2ccc(F)cc2)n2ccccc2=O)cc1. The third kappa shape index (κ3) is 4.57. The van der Waals surface area contributed by atoms with Crippen LogP contribution in [0.4, 0.5) is 4.39 Å².